The summed E-state index contributed by atoms with van der Waals surface area (Å²) in [5.74, 6) is 0. The van der Waals surface area contributed by atoms with Crippen LogP contribution in [0.4, 0.5) is 0 Å². The number of hydrogen-bond donors (Lipinski definition) is 1. The molecule has 1 N–H and O–H groups in total. The Labute approximate surface area is 80.9 Å². The van der Waals surface area contributed by atoms with Gasteiger partial charge in [0.25, 0.3) is 10.1 Å². The van der Waals surface area contributed by atoms with Crippen LogP contribution in [-0.4, -0.2) is 36.7 Å². The van der Waals surface area contributed by atoms with Crippen LogP contribution in [0.5, 0.6) is 0 Å². The second kappa shape index (κ2) is 3.85. The van der Waals surface area contributed by atoms with Gasteiger partial charge in [-0.3, -0.25) is 4.55 Å². The fourth-order valence-electron chi connectivity index (χ4n) is 1.00. The van der Waals surface area contributed by atoms with Crippen LogP contribution < -0.4 is 0 Å². The molecule has 14 heavy (non-hydrogen) atoms. The smallest absolute Gasteiger partial charge is 0.325 e. The number of ether oxygens (including phenoxy) is 1. The van der Waals surface area contributed by atoms with Crippen molar-refractivity contribution in [3.8, 4) is 0 Å². The van der Waals surface area contributed by atoms with Gasteiger partial charge in [-0.05, 0) is 12.2 Å². The highest BCUT2D eigenvalue weighted by Crippen LogP contribution is 2.14. The van der Waals surface area contributed by atoms with Crippen LogP contribution in [0.3, 0.4) is 0 Å². The molecule has 0 spiro atoms. The fraction of sp³-hybridized carbons (Fsp3) is 0.286. The molecule has 0 aliphatic heterocycles. The van der Waals surface area contributed by atoms with E-state index in [4.69, 9.17) is 14.8 Å². The highest BCUT2D eigenvalue weighted by molar-refractivity contribution is 7.90. The quantitative estimate of drug-likeness (QED) is 0.399. The maximum atomic E-state index is 10.7. The lowest BCUT2D eigenvalue weighted by molar-refractivity contribution is -0.0184. The van der Waals surface area contributed by atoms with E-state index in [9.17, 15) is 8.42 Å². The first kappa shape index (κ1) is 10.8. The Kier molecular flexibility index (Phi) is 2.97. The van der Waals surface area contributed by atoms with E-state index in [0.29, 0.717) is 0 Å². The molecule has 76 valence electrons. The predicted octanol–water partition coefficient (Wildman–Crippen LogP) is 0.0137. The highest BCUT2D eigenvalue weighted by Gasteiger charge is 2.26. The van der Waals surface area contributed by atoms with Crippen LogP contribution in [0, 0.1) is 0 Å². The third-order valence-corrected chi connectivity index (χ3v) is 2.53. The minimum atomic E-state index is -4.27. The first-order valence-electron chi connectivity index (χ1n) is 3.61. The van der Waals surface area contributed by atoms with Gasteiger partial charge in [0.1, 0.15) is 4.91 Å². The molecule has 1 unspecified atom stereocenters. The molecule has 0 bridgehead atoms. The van der Waals surface area contributed by atoms with Crippen LogP contribution in [0.15, 0.2) is 23.1 Å². The topological polar surface area (TPSA) is 100 Å². The van der Waals surface area contributed by atoms with E-state index in [2.05, 4.69) is 4.79 Å². The summed E-state index contributed by atoms with van der Waals surface area (Å²) >= 11 is 0. The Morgan fingerprint density at radius 2 is 2.29 bits per heavy atom. The Balaban J connectivity index is 3.16. The molecule has 0 aromatic carbocycles. The van der Waals surface area contributed by atoms with Crippen molar-refractivity contribution in [1.82, 2.24) is 0 Å². The van der Waals surface area contributed by atoms with E-state index in [-0.39, 0.29) is 10.6 Å². The summed E-state index contributed by atoms with van der Waals surface area (Å²) in [4.78, 5) is 2.52. The van der Waals surface area contributed by atoms with Crippen LogP contribution >= 0.6 is 0 Å². The molecule has 0 heterocycles. The summed E-state index contributed by atoms with van der Waals surface area (Å²) in [6.45, 7) is 0. The molecule has 1 atom stereocenters. The number of rotatable bonds is 2. The van der Waals surface area contributed by atoms with E-state index < -0.39 is 16.2 Å². The Hall–Kier alpha value is -1.27. The number of hydrogen-bond acceptors (Lipinski definition) is 3. The lowest BCUT2D eigenvalue weighted by atomic mass is 10.1. The predicted molar refractivity (Wildman–Crippen MR) is 48.2 cm³/mol. The zero-order chi connectivity index (χ0) is 10.8. The molecule has 0 amide bonds. The van der Waals surface area contributed by atoms with Crippen molar-refractivity contribution in [2.75, 3.05) is 7.11 Å². The van der Waals surface area contributed by atoms with Crippen molar-refractivity contribution in [2.45, 2.75) is 6.10 Å². The third kappa shape index (κ3) is 2.15. The molecule has 0 fully saturated rings. The number of allylic oxidation sites excluding steroid dienone is 1. The van der Waals surface area contributed by atoms with Crippen molar-refractivity contribution in [3.63, 3.8) is 0 Å². The first-order valence-corrected chi connectivity index (χ1v) is 5.05. The van der Waals surface area contributed by atoms with Gasteiger partial charge in [0.15, 0.2) is 6.10 Å². The largest absolute Gasteiger partial charge is 0.365 e. The highest BCUT2D eigenvalue weighted by atomic mass is 32.2. The van der Waals surface area contributed by atoms with Gasteiger partial charge in [0.2, 0.25) is 0 Å². The lowest BCUT2D eigenvalue weighted by Gasteiger charge is -2.08. The molecule has 0 aromatic rings. The van der Waals surface area contributed by atoms with Gasteiger partial charge in [-0.2, -0.15) is 13.2 Å². The maximum Gasteiger partial charge on any atom is 0.325 e. The molecule has 0 aromatic heterocycles. The summed E-state index contributed by atoms with van der Waals surface area (Å²) in [5.41, 5.74) is 8.55. The molecule has 0 radical (unpaired) electrons. The number of methoxy groups -OCH3 is 1. The van der Waals surface area contributed by atoms with Gasteiger partial charge >= 0.3 is 5.71 Å². The van der Waals surface area contributed by atoms with Gasteiger partial charge in [0, 0.05) is 13.2 Å². The standard InChI is InChI=1S/C7H8N2O4S/c1-13-7-3-2-5(14(10,11)12)4-6(7)9-8/h2-4,7H,1H3,(H,10,11,12). The van der Waals surface area contributed by atoms with Crippen molar-refractivity contribution in [1.29, 1.82) is 0 Å². The van der Waals surface area contributed by atoms with E-state index in [0.717, 1.165) is 6.08 Å². The molecular weight excluding hydrogens is 208 g/mol. The fourth-order valence-corrected chi connectivity index (χ4v) is 1.52. The summed E-state index contributed by atoms with van der Waals surface area (Å²) in [5, 5.41) is 0. The maximum absolute atomic E-state index is 10.7. The molecule has 1 aliphatic carbocycles. The first-order chi connectivity index (χ1) is 6.49. The minimum absolute atomic E-state index is 0.0163. The summed E-state index contributed by atoms with van der Waals surface area (Å²) in [6, 6.07) is 0. The van der Waals surface area contributed by atoms with Crippen molar-refractivity contribution >= 4 is 15.8 Å². The second-order valence-corrected chi connectivity index (χ2v) is 3.98. The van der Waals surface area contributed by atoms with Crippen LogP contribution in [0.2, 0.25) is 0 Å². The monoisotopic (exact) mass is 216 g/mol. The summed E-state index contributed by atoms with van der Waals surface area (Å²) < 4.78 is 34.9. The lowest BCUT2D eigenvalue weighted by Crippen LogP contribution is -2.23. The molecule has 1 rings (SSSR count). The van der Waals surface area contributed by atoms with E-state index in [1.165, 1.54) is 19.3 Å². The molecule has 0 saturated heterocycles. The average Bonchev–Trinajstić information content (AvgIpc) is 2.15. The summed E-state index contributed by atoms with van der Waals surface area (Å²) in [6.07, 6.45) is 2.96. The van der Waals surface area contributed by atoms with Gasteiger partial charge in [0.05, 0.1) is 0 Å². The van der Waals surface area contributed by atoms with E-state index in [1.54, 1.807) is 0 Å². The Bertz CT molecular complexity index is 442. The van der Waals surface area contributed by atoms with Crippen LogP contribution in [-0.2, 0) is 14.9 Å². The normalized spacial score (nSPS) is 21.7. The Morgan fingerprint density at radius 3 is 2.71 bits per heavy atom. The molecule has 7 heteroatoms. The van der Waals surface area contributed by atoms with E-state index in [1.807, 2.05) is 0 Å². The summed E-state index contributed by atoms with van der Waals surface area (Å²) in [7, 11) is -2.89. The zero-order valence-electron chi connectivity index (χ0n) is 7.28. The van der Waals surface area contributed by atoms with Gasteiger partial charge in [-0.1, -0.05) is 0 Å². The van der Waals surface area contributed by atoms with Gasteiger partial charge in [-0.25, -0.2) is 0 Å². The SMILES string of the molecule is COC1C=CC(S(=O)(=O)O)=CC1=[N+]=[N-]. The van der Waals surface area contributed by atoms with E-state index >= 15 is 0 Å². The van der Waals surface area contributed by atoms with Crippen molar-refractivity contribution in [2.24, 2.45) is 0 Å². The second-order valence-electron chi connectivity index (χ2n) is 2.56. The molecule has 1 aliphatic rings. The van der Waals surface area contributed by atoms with Crippen LogP contribution in [0.25, 0.3) is 5.53 Å². The van der Waals surface area contributed by atoms with Crippen molar-refractivity contribution in [3.05, 3.63) is 28.7 Å². The molecule has 6 nitrogen and oxygen atoms in total. The zero-order valence-corrected chi connectivity index (χ0v) is 8.10. The minimum Gasteiger partial charge on any atom is -0.365 e. The van der Waals surface area contributed by atoms with Crippen molar-refractivity contribution < 1.29 is 22.5 Å². The van der Waals surface area contributed by atoms with Gasteiger partial charge in [-0.15, -0.1) is 0 Å². The van der Waals surface area contributed by atoms with Crippen LogP contribution in [0.1, 0.15) is 0 Å². The third-order valence-electron chi connectivity index (χ3n) is 1.68. The number of nitrogens with zero attached hydrogens (tertiary/aromatic N) is 2. The average molecular weight is 216 g/mol. The molecular formula is C7H8N2O4S. The molecule has 0 saturated carbocycles. The Morgan fingerprint density at radius 1 is 1.64 bits per heavy atom. The van der Waals surface area contributed by atoms with Gasteiger partial charge < -0.3 is 10.3 Å².